The van der Waals surface area contributed by atoms with Crippen molar-refractivity contribution in [3.05, 3.63) is 69.3 Å². The molecule has 0 radical (unpaired) electrons. The molecule has 0 unspecified atom stereocenters. The summed E-state index contributed by atoms with van der Waals surface area (Å²) in [5.41, 5.74) is -1.92. The van der Waals surface area contributed by atoms with E-state index in [1.165, 1.54) is 0 Å². The monoisotopic (exact) mass is 357 g/mol. The van der Waals surface area contributed by atoms with Crippen molar-refractivity contribution in [3.8, 4) is 0 Å². The normalized spacial score (nSPS) is 11.2. The van der Waals surface area contributed by atoms with E-state index in [1.54, 1.807) is 0 Å². The quantitative estimate of drug-likeness (QED) is 0.649. The Hall–Kier alpha value is -2.88. The van der Waals surface area contributed by atoms with Gasteiger partial charge in [-0.2, -0.15) is 0 Å². The molecule has 24 heavy (non-hydrogen) atoms. The van der Waals surface area contributed by atoms with Crippen molar-refractivity contribution in [1.29, 1.82) is 0 Å². The summed E-state index contributed by atoms with van der Waals surface area (Å²) in [6, 6.07) is 4.44. The third kappa shape index (κ3) is 3.54. The minimum absolute atomic E-state index is 0.474. The first kappa shape index (κ1) is 17.5. The molecule has 0 aliphatic rings. The van der Waals surface area contributed by atoms with E-state index in [0.29, 0.717) is 12.1 Å². The highest BCUT2D eigenvalue weighted by Crippen LogP contribution is 2.28. The van der Waals surface area contributed by atoms with Gasteiger partial charge in [0.2, 0.25) is 0 Å². The van der Waals surface area contributed by atoms with Gasteiger partial charge in [0.15, 0.2) is 9.84 Å². The van der Waals surface area contributed by atoms with Crippen LogP contribution >= 0.6 is 0 Å². The Morgan fingerprint density at radius 3 is 2.42 bits per heavy atom. The van der Waals surface area contributed by atoms with E-state index < -0.39 is 59.8 Å². The van der Waals surface area contributed by atoms with Crippen molar-refractivity contribution in [2.24, 2.45) is 0 Å². The van der Waals surface area contributed by atoms with Crippen molar-refractivity contribution in [2.45, 2.75) is 10.6 Å². The molecule has 7 nitrogen and oxygen atoms in total. The summed E-state index contributed by atoms with van der Waals surface area (Å²) in [6.07, 6.45) is 0. The largest absolute Gasteiger partial charge is 0.478 e. The van der Waals surface area contributed by atoms with Crippen LogP contribution in [0.2, 0.25) is 0 Å². The van der Waals surface area contributed by atoms with E-state index >= 15 is 0 Å². The number of aromatic carboxylic acids is 1. The molecule has 0 heterocycles. The first-order valence-corrected chi connectivity index (χ1v) is 7.95. The summed E-state index contributed by atoms with van der Waals surface area (Å²) in [6.45, 7) is 0. The molecule has 2 aromatic carbocycles. The zero-order valence-corrected chi connectivity index (χ0v) is 12.6. The number of rotatable bonds is 5. The van der Waals surface area contributed by atoms with Gasteiger partial charge in [0.1, 0.15) is 16.5 Å². The number of nitro groups is 1. The van der Waals surface area contributed by atoms with Crippen LogP contribution < -0.4 is 0 Å². The second-order valence-electron chi connectivity index (χ2n) is 4.74. The summed E-state index contributed by atoms with van der Waals surface area (Å²) < 4.78 is 51.4. The van der Waals surface area contributed by atoms with Gasteiger partial charge >= 0.3 is 5.97 Å². The summed E-state index contributed by atoms with van der Waals surface area (Å²) in [5, 5.41) is 19.9. The molecule has 2 rings (SSSR count). The molecule has 1 N–H and O–H groups in total. The Balaban J connectivity index is 2.55. The van der Waals surface area contributed by atoms with Gasteiger partial charge in [-0.15, -0.1) is 0 Å². The lowest BCUT2D eigenvalue weighted by molar-refractivity contribution is -0.387. The van der Waals surface area contributed by atoms with Gasteiger partial charge in [0.25, 0.3) is 5.69 Å². The molecular weight excluding hydrogens is 348 g/mol. The second kappa shape index (κ2) is 6.32. The number of carbonyl (C=O) groups is 1. The molecular formula is C14H9F2NO6S. The minimum atomic E-state index is -4.41. The third-order valence-electron chi connectivity index (χ3n) is 3.09. The fourth-order valence-electron chi connectivity index (χ4n) is 1.99. The van der Waals surface area contributed by atoms with Gasteiger partial charge in [-0.05, 0) is 30.3 Å². The van der Waals surface area contributed by atoms with Crippen molar-refractivity contribution in [2.75, 3.05) is 0 Å². The zero-order valence-electron chi connectivity index (χ0n) is 11.8. The topological polar surface area (TPSA) is 115 Å². The van der Waals surface area contributed by atoms with Gasteiger partial charge in [-0.25, -0.2) is 22.0 Å². The fraction of sp³-hybridized carbons (Fsp3) is 0.0714. The SMILES string of the molecule is O=C(O)c1ccc(S(=O)(=O)Cc2cc(F)ccc2F)c([N+](=O)[O-])c1. The Morgan fingerprint density at radius 2 is 1.83 bits per heavy atom. The van der Waals surface area contributed by atoms with Crippen LogP contribution in [0.1, 0.15) is 15.9 Å². The Morgan fingerprint density at radius 1 is 1.17 bits per heavy atom. The molecule has 0 amide bonds. The van der Waals surface area contributed by atoms with Crippen molar-refractivity contribution < 1.29 is 32.0 Å². The highest BCUT2D eigenvalue weighted by molar-refractivity contribution is 7.90. The number of carboxylic acid groups (broad SMARTS) is 1. The minimum Gasteiger partial charge on any atom is -0.478 e. The number of nitro benzene ring substituents is 1. The lowest BCUT2D eigenvalue weighted by atomic mass is 10.2. The summed E-state index contributed by atoms with van der Waals surface area (Å²) in [4.78, 5) is 20.0. The molecule has 0 aliphatic heterocycles. The zero-order chi connectivity index (χ0) is 18.1. The molecule has 0 saturated heterocycles. The highest BCUT2D eigenvalue weighted by atomic mass is 32.2. The number of sulfone groups is 1. The van der Waals surface area contributed by atoms with Crippen molar-refractivity contribution >= 4 is 21.5 Å². The molecule has 0 saturated carbocycles. The van der Waals surface area contributed by atoms with E-state index in [1.807, 2.05) is 0 Å². The van der Waals surface area contributed by atoms with Gasteiger partial charge in [0, 0.05) is 11.6 Å². The number of carboxylic acids is 1. The van der Waals surface area contributed by atoms with E-state index in [0.717, 1.165) is 24.3 Å². The van der Waals surface area contributed by atoms with E-state index in [9.17, 15) is 32.1 Å². The molecule has 126 valence electrons. The average Bonchev–Trinajstić information content (AvgIpc) is 2.50. The number of benzene rings is 2. The standard InChI is InChI=1S/C14H9F2NO6S/c15-10-2-3-11(16)9(5-10)7-24(22,23)13-4-1-8(14(18)19)6-12(13)17(20)21/h1-6H,7H2,(H,18,19). The van der Waals surface area contributed by atoms with Crippen LogP contribution in [0.5, 0.6) is 0 Å². The van der Waals surface area contributed by atoms with Gasteiger partial charge in [-0.1, -0.05) is 0 Å². The van der Waals surface area contributed by atoms with E-state index in [2.05, 4.69) is 0 Å². The Bertz CT molecular complexity index is 942. The lowest BCUT2D eigenvalue weighted by Crippen LogP contribution is -2.10. The van der Waals surface area contributed by atoms with Gasteiger partial charge in [-0.3, -0.25) is 10.1 Å². The van der Waals surface area contributed by atoms with E-state index in [4.69, 9.17) is 5.11 Å². The predicted octanol–water partition coefficient (Wildman–Crippen LogP) is 2.55. The van der Waals surface area contributed by atoms with Gasteiger partial charge in [0.05, 0.1) is 16.2 Å². The third-order valence-corrected chi connectivity index (χ3v) is 4.80. The predicted molar refractivity (Wildman–Crippen MR) is 77.3 cm³/mol. The van der Waals surface area contributed by atoms with Gasteiger partial charge < -0.3 is 5.11 Å². The van der Waals surface area contributed by atoms with Crippen molar-refractivity contribution in [1.82, 2.24) is 0 Å². The van der Waals surface area contributed by atoms with Crippen molar-refractivity contribution in [3.63, 3.8) is 0 Å². The number of hydrogen-bond acceptors (Lipinski definition) is 5. The molecule has 0 bridgehead atoms. The van der Waals surface area contributed by atoms with Crippen LogP contribution in [-0.2, 0) is 15.6 Å². The molecule has 0 spiro atoms. The lowest BCUT2D eigenvalue weighted by Gasteiger charge is -2.07. The smallest absolute Gasteiger partial charge is 0.335 e. The second-order valence-corrected chi connectivity index (χ2v) is 6.70. The first-order chi connectivity index (χ1) is 11.1. The summed E-state index contributed by atoms with van der Waals surface area (Å²) in [7, 11) is -4.41. The summed E-state index contributed by atoms with van der Waals surface area (Å²) >= 11 is 0. The molecule has 0 aliphatic carbocycles. The van der Waals surface area contributed by atoms with Crippen LogP contribution in [0.25, 0.3) is 0 Å². The van der Waals surface area contributed by atoms with Crippen LogP contribution in [0.15, 0.2) is 41.3 Å². The number of halogens is 2. The van der Waals surface area contributed by atoms with Crippen LogP contribution in [-0.4, -0.2) is 24.4 Å². The van der Waals surface area contributed by atoms with E-state index in [-0.39, 0.29) is 0 Å². The molecule has 0 aromatic heterocycles. The average molecular weight is 357 g/mol. The first-order valence-electron chi connectivity index (χ1n) is 6.30. The number of nitrogens with zero attached hydrogens (tertiary/aromatic N) is 1. The fourth-order valence-corrected chi connectivity index (χ4v) is 3.51. The molecule has 0 atom stereocenters. The maximum Gasteiger partial charge on any atom is 0.335 e. The maximum atomic E-state index is 13.6. The van der Waals surface area contributed by atoms with Crippen LogP contribution in [0.4, 0.5) is 14.5 Å². The molecule has 10 heteroatoms. The molecule has 2 aromatic rings. The van der Waals surface area contributed by atoms with Crippen LogP contribution in [0.3, 0.4) is 0 Å². The maximum absolute atomic E-state index is 13.6. The number of hydrogen-bond donors (Lipinski definition) is 1. The van der Waals surface area contributed by atoms with Crippen LogP contribution in [0, 0.1) is 21.7 Å². The Kier molecular flexibility index (Phi) is 4.60. The molecule has 0 fully saturated rings. The summed E-state index contributed by atoms with van der Waals surface area (Å²) in [5.74, 6) is -4.33. The highest BCUT2D eigenvalue weighted by Gasteiger charge is 2.28. The Labute approximate surface area is 134 Å².